The summed E-state index contributed by atoms with van der Waals surface area (Å²) in [4.78, 5) is 14.0. The Hall–Kier alpha value is -1.55. The molecule has 1 amide bonds. The second-order valence-corrected chi connectivity index (χ2v) is 4.99. The SMILES string of the molecule is CCN(CC)C(=O)C(C)Oc1cc(C)ccc1C(C)O. The molecule has 2 atom stereocenters. The van der Waals surface area contributed by atoms with Crippen LogP contribution in [0.25, 0.3) is 0 Å². The zero-order valence-electron chi connectivity index (χ0n) is 13.0. The van der Waals surface area contributed by atoms with Crippen LogP contribution in [0.15, 0.2) is 18.2 Å². The summed E-state index contributed by atoms with van der Waals surface area (Å²) in [6.07, 6.45) is -1.18. The van der Waals surface area contributed by atoms with Crippen molar-refractivity contribution in [3.63, 3.8) is 0 Å². The maximum atomic E-state index is 12.2. The second kappa shape index (κ2) is 7.29. The van der Waals surface area contributed by atoms with Gasteiger partial charge in [-0.3, -0.25) is 4.79 Å². The number of hydrogen-bond acceptors (Lipinski definition) is 3. The maximum absolute atomic E-state index is 12.2. The molecule has 0 aromatic heterocycles. The molecular formula is C16H25NO3. The Labute approximate surface area is 121 Å². The van der Waals surface area contributed by atoms with Gasteiger partial charge in [0.05, 0.1) is 6.10 Å². The Morgan fingerprint density at radius 1 is 1.30 bits per heavy atom. The Morgan fingerprint density at radius 3 is 2.40 bits per heavy atom. The Balaban J connectivity index is 2.92. The molecule has 112 valence electrons. The zero-order chi connectivity index (χ0) is 15.3. The molecule has 0 bridgehead atoms. The van der Waals surface area contributed by atoms with Crippen LogP contribution in [0.4, 0.5) is 0 Å². The van der Waals surface area contributed by atoms with Crippen LogP contribution in [0.5, 0.6) is 5.75 Å². The minimum absolute atomic E-state index is 0.0342. The molecule has 1 N–H and O–H groups in total. The number of aryl methyl sites for hydroxylation is 1. The summed E-state index contributed by atoms with van der Waals surface area (Å²) in [6, 6.07) is 5.61. The van der Waals surface area contributed by atoms with Crippen molar-refractivity contribution in [3.05, 3.63) is 29.3 Å². The van der Waals surface area contributed by atoms with Gasteiger partial charge in [0.25, 0.3) is 5.91 Å². The molecule has 1 aromatic carbocycles. The van der Waals surface area contributed by atoms with E-state index >= 15 is 0 Å². The van der Waals surface area contributed by atoms with E-state index in [1.165, 1.54) is 0 Å². The van der Waals surface area contributed by atoms with E-state index in [2.05, 4.69) is 0 Å². The van der Waals surface area contributed by atoms with Gasteiger partial charge >= 0.3 is 0 Å². The number of hydrogen-bond donors (Lipinski definition) is 1. The number of carbonyl (C=O) groups excluding carboxylic acids is 1. The monoisotopic (exact) mass is 279 g/mol. The van der Waals surface area contributed by atoms with Gasteiger partial charge in [-0.2, -0.15) is 0 Å². The van der Waals surface area contributed by atoms with E-state index in [0.29, 0.717) is 24.4 Å². The summed E-state index contributed by atoms with van der Waals surface area (Å²) in [5.74, 6) is 0.543. The highest BCUT2D eigenvalue weighted by molar-refractivity contribution is 5.80. The van der Waals surface area contributed by atoms with Gasteiger partial charge in [0.1, 0.15) is 5.75 Å². The number of rotatable bonds is 6. The molecule has 0 radical (unpaired) electrons. The molecule has 4 nitrogen and oxygen atoms in total. The number of likely N-dealkylation sites (N-methyl/N-ethyl adjacent to an activating group) is 1. The zero-order valence-corrected chi connectivity index (χ0v) is 13.0. The molecule has 20 heavy (non-hydrogen) atoms. The van der Waals surface area contributed by atoms with E-state index in [1.54, 1.807) is 18.7 Å². The van der Waals surface area contributed by atoms with Gasteiger partial charge < -0.3 is 14.7 Å². The van der Waals surface area contributed by atoms with E-state index < -0.39 is 12.2 Å². The molecule has 0 heterocycles. The van der Waals surface area contributed by atoms with E-state index in [0.717, 1.165) is 5.56 Å². The number of carbonyl (C=O) groups is 1. The molecule has 0 spiro atoms. The topological polar surface area (TPSA) is 49.8 Å². The average Bonchev–Trinajstić information content (AvgIpc) is 2.39. The molecule has 1 aromatic rings. The van der Waals surface area contributed by atoms with Crippen LogP contribution < -0.4 is 4.74 Å². The van der Waals surface area contributed by atoms with Gasteiger partial charge in [-0.25, -0.2) is 0 Å². The summed E-state index contributed by atoms with van der Waals surface area (Å²) in [6.45, 7) is 10.6. The first-order chi connectivity index (χ1) is 9.40. The van der Waals surface area contributed by atoms with Crippen molar-refractivity contribution in [2.45, 2.75) is 46.8 Å². The van der Waals surface area contributed by atoms with E-state index in [1.807, 2.05) is 39.0 Å². The van der Waals surface area contributed by atoms with Crippen LogP contribution in [0.2, 0.25) is 0 Å². The summed E-state index contributed by atoms with van der Waals surface area (Å²) in [5.41, 5.74) is 1.74. The van der Waals surface area contributed by atoms with Crippen LogP contribution in [0, 0.1) is 6.92 Å². The minimum atomic E-state index is -0.624. The molecule has 0 fully saturated rings. The van der Waals surface area contributed by atoms with Crippen molar-refractivity contribution in [3.8, 4) is 5.75 Å². The Bertz CT molecular complexity index is 453. The summed E-state index contributed by atoms with van der Waals surface area (Å²) in [5, 5.41) is 9.77. The van der Waals surface area contributed by atoms with Gasteiger partial charge in [-0.05, 0) is 46.2 Å². The number of aliphatic hydroxyl groups excluding tert-OH is 1. The van der Waals surface area contributed by atoms with Gasteiger partial charge in [-0.1, -0.05) is 12.1 Å². The van der Waals surface area contributed by atoms with Crippen LogP contribution in [-0.2, 0) is 4.79 Å². The molecule has 2 unspecified atom stereocenters. The quantitative estimate of drug-likeness (QED) is 0.871. The van der Waals surface area contributed by atoms with E-state index in [9.17, 15) is 9.90 Å². The lowest BCUT2D eigenvalue weighted by molar-refractivity contribution is -0.137. The van der Waals surface area contributed by atoms with Crippen molar-refractivity contribution in [1.29, 1.82) is 0 Å². The molecule has 0 saturated heterocycles. The van der Waals surface area contributed by atoms with Crippen molar-refractivity contribution in [2.24, 2.45) is 0 Å². The van der Waals surface area contributed by atoms with Crippen LogP contribution in [-0.4, -0.2) is 35.1 Å². The minimum Gasteiger partial charge on any atom is -0.480 e. The normalized spacial score (nSPS) is 13.7. The third kappa shape index (κ3) is 3.97. The van der Waals surface area contributed by atoms with Gasteiger partial charge in [0, 0.05) is 18.7 Å². The first-order valence-corrected chi connectivity index (χ1v) is 7.14. The van der Waals surface area contributed by atoms with E-state index in [4.69, 9.17) is 4.74 Å². The highest BCUT2D eigenvalue weighted by Gasteiger charge is 2.21. The average molecular weight is 279 g/mol. The molecule has 0 aliphatic rings. The molecular weight excluding hydrogens is 254 g/mol. The fourth-order valence-corrected chi connectivity index (χ4v) is 2.12. The fourth-order valence-electron chi connectivity index (χ4n) is 2.12. The number of benzene rings is 1. The molecule has 0 aliphatic carbocycles. The lowest BCUT2D eigenvalue weighted by Crippen LogP contribution is -2.40. The third-order valence-corrected chi connectivity index (χ3v) is 3.35. The fraction of sp³-hybridized carbons (Fsp3) is 0.562. The summed E-state index contributed by atoms with van der Waals surface area (Å²) in [7, 11) is 0. The van der Waals surface area contributed by atoms with Gasteiger partial charge in [0.2, 0.25) is 0 Å². The molecule has 0 saturated carbocycles. The van der Waals surface area contributed by atoms with E-state index in [-0.39, 0.29) is 5.91 Å². The predicted molar refractivity (Wildman–Crippen MR) is 79.8 cm³/mol. The third-order valence-electron chi connectivity index (χ3n) is 3.35. The Kier molecular flexibility index (Phi) is 6.02. The highest BCUT2D eigenvalue weighted by atomic mass is 16.5. The largest absolute Gasteiger partial charge is 0.480 e. The van der Waals surface area contributed by atoms with Crippen LogP contribution in [0.3, 0.4) is 0 Å². The smallest absolute Gasteiger partial charge is 0.263 e. The van der Waals surface area contributed by atoms with Gasteiger partial charge in [-0.15, -0.1) is 0 Å². The molecule has 0 aliphatic heterocycles. The number of aliphatic hydroxyl groups is 1. The number of amides is 1. The van der Waals surface area contributed by atoms with Crippen LogP contribution >= 0.6 is 0 Å². The highest BCUT2D eigenvalue weighted by Crippen LogP contribution is 2.27. The van der Waals surface area contributed by atoms with Crippen molar-refractivity contribution in [1.82, 2.24) is 4.90 Å². The lowest BCUT2D eigenvalue weighted by atomic mass is 10.1. The second-order valence-electron chi connectivity index (χ2n) is 4.99. The first-order valence-electron chi connectivity index (χ1n) is 7.14. The van der Waals surface area contributed by atoms with Crippen LogP contribution in [0.1, 0.15) is 44.9 Å². The Morgan fingerprint density at radius 2 is 1.90 bits per heavy atom. The summed E-state index contributed by atoms with van der Waals surface area (Å²) >= 11 is 0. The van der Waals surface area contributed by atoms with Gasteiger partial charge in [0.15, 0.2) is 6.10 Å². The van der Waals surface area contributed by atoms with Crippen molar-refractivity contribution in [2.75, 3.05) is 13.1 Å². The predicted octanol–water partition coefficient (Wildman–Crippen LogP) is 2.68. The molecule has 4 heteroatoms. The first kappa shape index (κ1) is 16.5. The molecule has 1 rings (SSSR count). The standard InChI is InChI=1S/C16H25NO3/c1-6-17(7-2)16(19)13(5)20-15-10-11(3)8-9-14(15)12(4)18/h8-10,12-13,18H,6-7H2,1-5H3. The maximum Gasteiger partial charge on any atom is 0.263 e. The number of ether oxygens (including phenoxy) is 1. The summed E-state index contributed by atoms with van der Waals surface area (Å²) < 4.78 is 5.78. The van der Waals surface area contributed by atoms with Crippen molar-refractivity contribution < 1.29 is 14.6 Å². The van der Waals surface area contributed by atoms with Crippen molar-refractivity contribution >= 4 is 5.91 Å². The number of nitrogens with zero attached hydrogens (tertiary/aromatic N) is 1. The lowest BCUT2D eigenvalue weighted by Gasteiger charge is -2.24.